The quantitative estimate of drug-likeness (QED) is 0.259. The van der Waals surface area contributed by atoms with Crippen LogP contribution >= 0.6 is 27.3 Å². The summed E-state index contributed by atoms with van der Waals surface area (Å²) in [7, 11) is 0. The van der Waals surface area contributed by atoms with Crippen molar-refractivity contribution in [3.05, 3.63) is 130 Å². The molecule has 0 spiro atoms. The van der Waals surface area contributed by atoms with Gasteiger partial charge in [-0.05, 0) is 68.3 Å². The largest absolute Gasteiger partial charge is 0.488 e. The van der Waals surface area contributed by atoms with Crippen LogP contribution in [0.25, 0.3) is 6.08 Å². The van der Waals surface area contributed by atoms with Gasteiger partial charge in [0.2, 0.25) is 0 Å². The summed E-state index contributed by atoms with van der Waals surface area (Å²) in [6.07, 6.45) is 1.79. The van der Waals surface area contributed by atoms with Gasteiger partial charge in [0.05, 0.1) is 40.1 Å². The second-order valence-corrected chi connectivity index (χ2v) is 11.4. The minimum absolute atomic E-state index is 0.217. The first-order chi connectivity index (χ1) is 19.8. The van der Waals surface area contributed by atoms with Crippen LogP contribution in [0.15, 0.2) is 92.3 Å². The zero-order valence-corrected chi connectivity index (χ0v) is 25.1. The molecule has 1 aliphatic heterocycles. The third-order valence-corrected chi connectivity index (χ3v) is 8.12. The number of hydrogen-bond acceptors (Lipinski definition) is 7. The van der Waals surface area contributed by atoms with Gasteiger partial charge in [0.15, 0.2) is 4.80 Å². The Balaban J connectivity index is 1.59. The SMILES string of the molecule is CCOC(=O)C1=C(C)N=c2s/c(=C\c3cc(Br)ccc3OCc3ccc(C#N)cc3)c(=O)n2[C@H]1c1ccc(C)cc1. The molecule has 9 heteroatoms. The highest BCUT2D eigenvalue weighted by Crippen LogP contribution is 2.31. The summed E-state index contributed by atoms with van der Waals surface area (Å²) in [6, 6.07) is 22.0. The van der Waals surface area contributed by atoms with E-state index in [9.17, 15) is 9.59 Å². The van der Waals surface area contributed by atoms with Gasteiger partial charge in [0, 0.05) is 10.0 Å². The first kappa shape index (κ1) is 28.3. The normalized spacial score (nSPS) is 14.7. The molecule has 0 fully saturated rings. The van der Waals surface area contributed by atoms with E-state index in [0.717, 1.165) is 21.2 Å². The minimum Gasteiger partial charge on any atom is -0.488 e. The lowest BCUT2D eigenvalue weighted by molar-refractivity contribution is -0.139. The summed E-state index contributed by atoms with van der Waals surface area (Å²) in [5, 5.41) is 9.05. The second-order valence-electron chi connectivity index (χ2n) is 9.49. The number of aromatic nitrogens is 1. The van der Waals surface area contributed by atoms with Crippen LogP contribution in [0.1, 0.15) is 47.7 Å². The van der Waals surface area contributed by atoms with Crippen LogP contribution in [0.3, 0.4) is 0 Å². The van der Waals surface area contributed by atoms with Crippen molar-refractivity contribution >= 4 is 39.3 Å². The molecule has 0 saturated carbocycles. The van der Waals surface area contributed by atoms with Crippen LogP contribution < -0.4 is 19.6 Å². The van der Waals surface area contributed by atoms with Gasteiger partial charge in [-0.25, -0.2) is 9.79 Å². The van der Waals surface area contributed by atoms with Gasteiger partial charge in [-0.2, -0.15) is 5.26 Å². The molecule has 206 valence electrons. The number of esters is 1. The number of carbonyl (C=O) groups is 1. The molecule has 41 heavy (non-hydrogen) atoms. The van der Waals surface area contributed by atoms with Crippen LogP contribution in [-0.2, 0) is 16.1 Å². The van der Waals surface area contributed by atoms with Crippen molar-refractivity contribution in [2.45, 2.75) is 33.4 Å². The van der Waals surface area contributed by atoms with E-state index in [1.807, 2.05) is 61.5 Å². The highest BCUT2D eigenvalue weighted by atomic mass is 79.9. The molecule has 4 aromatic rings. The summed E-state index contributed by atoms with van der Waals surface area (Å²) in [4.78, 5) is 32.2. The third-order valence-electron chi connectivity index (χ3n) is 6.65. The average molecular weight is 629 g/mol. The van der Waals surface area contributed by atoms with E-state index >= 15 is 0 Å². The Morgan fingerprint density at radius 1 is 1.12 bits per heavy atom. The molecular weight excluding hydrogens is 602 g/mol. The van der Waals surface area contributed by atoms with E-state index in [2.05, 4.69) is 27.0 Å². The number of rotatable bonds is 7. The number of thiazole rings is 1. The van der Waals surface area contributed by atoms with Crippen molar-refractivity contribution in [1.29, 1.82) is 5.26 Å². The monoisotopic (exact) mass is 627 g/mol. The van der Waals surface area contributed by atoms with Crippen molar-refractivity contribution in [3.8, 4) is 11.8 Å². The molecular formula is C32H26BrN3O4S. The summed E-state index contributed by atoms with van der Waals surface area (Å²) in [5.74, 6) is 0.112. The molecule has 1 atom stereocenters. The fourth-order valence-corrected chi connectivity index (χ4v) is 6.01. The van der Waals surface area contributed by atoms with Gasteiger partial charge in [-0.1, -0.05) is 69.2 Å². The van der Waals surface area contributed by atoms with Crippen LogP contribution in [0.5, 0.6) is 5.75 Å². The molecule has 7 nitrogen and oxygen atoms in total. The summed E-state index contributed by atoms with van der Waals surface area (Å²) in [5.41, 5.74) is 4.70. The average Bonchev–Trinajstić information content (AvgIpc) is 3.26. The molecule has 0 bridgehead atoms. The molecule has 0 N–H and O–H groups in total. The Hall–Kier alpha value is -4.26. The molecule has 0 saturated heterocycles. The van der Waals surface area contributed by atoms with Crippen molar-refractivity contribution < 1.29 is 14.3 Å². The Bertz CT molecular complexity index is 1880. The van der Waals surface area contributed by atoms with Crippen LogP contribution in [0.2, 0.25) is 0 Å². The molecule has 1 aromatic heterocycles. The van der Waals surface area contributed by atoms with E-state index in [0.29, 0.717) is 44.1 Å². The fourth-order valence-electron chi connectivity index (χ4n) is 4.60. The fraction of sp³-hybridized carbons (Fsp3) is 0.188. The Morgan fingerprint density at radius 3 is 2.54 bits per heavy atom. The molecule has 2 heterocycles. The number of ether oxygens (including phenoxy) is 2. The van der Waals surface area contributed by atoms with Gasteiger partial charge in [-0.3, -0.25) is 9.36 Å². The highest BCUT2D eigenvalue weighted by molar-refractivity contribution is 9.10. The van der Waals surface area contributed by atoms with Crippen molar-refractivity contribution in [1.82, 2.24) is 4.57 Å². The number of aryl methyl sites for hydroxylation is 1. The van der Waals surface area contributed by atoms with E-state index in [1.54, 1.807) is 36.6 Å². The van der Waals surface area contributed by atoms with Gasteiger partial charge in [-0.15, -0.1) is 0 Å². The smallest absolute Gasteiger partial charge is 0.338 e. The summed E-state index contributed by atoms with van der Waals surface area (Å²) in [6.45, 7) is 6.03. The summed E-state index contributed by atoms with van der Waals surface area (Å²) >= 11 is 4.79. The standard InChI is InChI=1S/C32H26BrN3O4S/c1-4-39-31(38)28-20(3)35-32-36(29(28)23-11-5-19(2)6-12-23)30(37)27(41-32)16-24-15-25(33)13-14-26(24)40-18-22-9-7-21(17-34)8-10-22/h5-16,29H,4,18H2,1-3H3/b27-16-/t29-/m0/s1. The highest BCUT2D eigenvalue weighted by Gasteiger charge is 2.33. The van der Waals surface area contributed by atoms with E-state index < -0.39 is 12.0 Å². The predicted molar refractivity (Wildman–Crippen MR) is 161 cm³/mol. The molecule has 0 aliphatic carbocycles. The van der Waals surface area contributed by atoms with E-state index in [4.69, 9.17) is 14.7 Å². The minimum atomic E-state index is -0.664. The number of benzene rings is 3. The zero-order chi connectivity index (χ0) is 29.1. The Labute approximate surface area is 249 Å². The lowest BCUT2D eigenvalue weighted by Gasteiger charge is -2.24. The van der Waals surface area contributed by atoms with Crippen LogP contribution in [0.4, 0.5) is 0 Å². The molecule has 0 unspecified atom stereocenters. The molecule has 0 amide bonds. The summed E-state index contributed by atoms with van der Waals surface area (Å²) < 4.78 is 14.4. The van der Waals surface area contributed by atoms with Crippen molar-refractivity contribution in [2.75, 3.05) is 6.61 Å². The number of nitriles is 1. The van der Waals surface area contributed by atoms with Gasteiger partial charge >= 0.3 is 5.97 Å². The van der Waals surface area contributed by atoms with E-state index in [-0.39, 0.29) is 12.2 Å². The maximum Gasteiger partial charge on any atom is 0.338 e. The number of carbonyl (C=O) groups excluding carboxylic acids is 1. The van der Waals surface area contributed by atoms with Gasteiger partial charge in [0.25, 0.3) is 5.56 Å². The number of fused-ring (bicyclic) bond motifs is 1. The lowest BCUT2D eigenvalue weighted by Crippen LogP contribution is -2.39. The van der Waals surface area contributed by atoms with E-state index in [1.165, 1.54) is 11.3 Å². The maximum absolute atomic E-state index is 14.0. The van der Waals surface area contributed by atoms with Crippen LogP contribution in [0, 0.1) is 18.3 Å². The number of halogens is 1. The number of allylic oxidation sites excluding steroid dienone is 1. The number of nitrogens with zero attached hydrogens (tertiary/aromatic N) is 3. The molecule has 5 rings (SSSR count). The third kappa shape index (κ3) is 5.94. The van der Waals surface area contributed by atoms with Crippen molar-refractivity contribution in [3.63, 3.8) is 0 Å². The number of hydrogen-bond donors (Lipinski definition) is 0. The van der Waals surface area contributed by atoms with Gasteiger partial charge in [0.1, 0.15) is 12.4 Å². The molecule has 0 radical (unpaired) electrons. The van der Waals surface area contributed by atoms with Crippen molar-refractivity contribution in [2.24, 2.45) is 4.99 Å². The lowest BCUT2D eigenvalue weighted by atomic mass is 9.95. The zero-order valence-electron chi connectivity index (χ0n) is 22.7. The first-order valence-corrected chi connectivity index (χ1v) is 14.6. The predicted octanol–water partition coefficient (Wildman–Crippen LogP) is 5.32. The Morgan fingerprint density at radius 2 is 1.85 bits per heavy atom. The maximum atomic E-state index is 14.0. The topological polar surface area (TPSA) is 93.7 Å². The molecule has 1 aliphatic rings. The molecule has 3 aromatic carbocycles. The first-order valence-electron chi connectivity index (χ1n) is 13.0. The van der Waals surface area contributed by atoms with Gasteiger partial charge < -0.3 is 9.47 Å². The Kier molecular flexibility index (Phi) is 8.34. The van der Waals surface area contributed by atoms with Crippen LogP contribution in [-0.4, -0.2) is 17.1 Å². The second kappa shape index (κ2) is 12.1.